The minimum atomic E-state index is -0.631. The van der Waals surface area contributed by atoms with E-state index in [1.54, 1.807) is 18.2 Å². The number of nitrogens with zero attached hydrogens (tertiary/aromatic N) is 1. The van der Waals surface area contributed by atoms with E-state index in [0.29, 0.717) is 16.6 Å². The van der Waals surface area contributed by atoms with E-state index in [9.17, 15) is 10.1 Å². The third-order valence-electron chi connectivity index (χ3n) is 4.09. The third-order valence-corrected chi connectivity index (χ3v) is 4.09. The molecule has 0 atom stereocenters. The lowest BCUT2D eigenvalue weighted by molar-refractivity contribution is 0.00578. The third kappa shape index (κ3) is 2.26. The number of rotatable bonds is 2. The molecule has 1 aromatic rings. The van der Waals surface area contributed by atoms with Crippen molar-refractivity contribution in [3.8, 4) is 6.07 Å². The van der Waals surface area contributed by atoms with Crippen molar-refractivity contribution in [2.45, 2.75) is 45.8 Å². The number of carbonyl (C=O) groups excluding carboxylic acids is 1. The molecule has 1 saturated heterocycles. The van der Waals surface area contributed by atoms with Gasteiger partial charge in [0, 0.05) is 11.0 Å². The van der Waals surface area contributed by atoms with Gasteiger partial charge in [0.25, 0.3) is 0 Å². The van der Waals surface area contributed by atoms with Gasteiger partial charge in [-0.05, 0) is 34.6 Å². The maximum atomic E-state index is 11.6. The summed E-state index contributed by atoms with van der Waals surface area (Å²) in [6.07, 6.45) is 0. The number of nitriles is 1. The molecule has 0 saturated carbocycles. The van der Waals surface area contributed by atoms with E-state index in [4.69, 9.17) is 9.31 Å². The molecule has 1 aliphatic rings. The molecule has 4 nitrogen and oxygen atoms in total. The second-order valence-electron chi connectivity index (χ2n) is 6.03. The van der Waals surface area contributed by atoms with Gasteiger partial charge in [0.15, 0.2) is 5.78 Å². The van der Waals surface area contributed by atoms with Crippen LogP contribution in [0.4, 0.5) is 0 Å². The molecule has 104 valence electrons. The Bertz CT molecular complexity index is 586. The van der Waals surface area contributed by atoms with Crippen molar-refractivity contribution in [2.75, 3.05) is 0 Å². The zero-order chi connectivity index (χ0) is 15.1. The first-order valence-electron chi connectivity index (χ1n) is 6.59. The van der Waals surface area contributed by atoms with Crippen LogP contribution in [0, 0.1) is 11.3 Å². The summed E-state index contributed by atoms with van der Waals surface area (Å²) in [5, 5.41) is 9.36. The van der Waals surface area contributed by atoms with Crippen LogP contribution in [0.3, 0.4) is 0 Å². The van der Waals surface area contributed by atoms with E-state index in [-0.39, 0.29) is 5.78 Å². The van der Waals surface area contributed by atoms with Crippen molar-refractivity contribution in [3.05, 3.63) is 29.3 Å². The van der Waals surface area contributed by atoms with Crippen LogP contribution in [0.25, 0.3) is 0 Å². The van der Waals surface area contributed by atoms with Crippen LogP contribution < -0.4 is 5.46 Å². The fourth-order valence-electron chi connectivity index (χ4n) is 2.15. The normalized spacial score (nSPS) is 19.7. The van der Waals surface area contributed by atoms with Crippen molar-refractivity contribution < 1.29 is 14.1 Å². The largest absolute Gasteiger partial charge is 0.496 e. The Kier molecular flexibility index (Phi) is 3.49. The Morgan fingerprint density at radius 2 is 1.75 bits per heavy atom. The van der Waals surface area contributed by atoms with E-state index in [2.05, 4.69) is 6.07 Å². The Morgan fingerprint density at radius 3 is 2.20 bits per heavy atom. The summed E-state index contributed by atoms with van der Waals surface area (Å²) < 4.78 is 11.9. The van der Waals surface area contributed by atoms with E-state index < -0.39 is 18.3 Å². The van der Waals surface area contributed by atoms with Crippen LogP contribution in [0.5, 0.6) is 0 Å². The van der Waals surface area contributed by atoms with Crippen molar-refractivity contribution in [1.82, 2.24) is 0 Å². The van der Waals surface area contributed by atoms with Gasteiger partial charge in [-0.1, -0.05) is 18.2 Å². The minimum absolute atomic E-state index is 0.139. The van der Waals surface area contributed by atoms with Gasteiger partial charge in [-0.25, -0.2) is 0 Å². The number of carbonyl (C=O) groups is 1. The highest BCUT2D eigenvalue weighted by atomic mass is 16.7. The predicted octanol–water partition coefficient (Wildman–Crippen LogP) is 2.06. The lowest BCUT2D eigenvalue weighted by atomic mass is 9.74. The van der Waals surface area contributed by atoms with Gasteiger partial charge in [0.05, 0.1) is 22.8 Å². The van der Waals surface area contributed by atoms with Crippen LogP contribution >= 0.6 is 0 Å². The SMILES string of the molecule is CC(=O)c1cccc(B2OC(C)(C)C(C)(C)O2)c1C#N. The van der Waals surface area contributed by atoms with Gasteiger partial charge in [-0.15, -0.1) is 0 Å². The smallest absolute Gasteiger partial charge is 0.399 e. The quantitative estimate of drug-likeness (QED) is 0.610. The van der Waals surface area contributed by atoms with Gasteiger partial charge in [-0.2, -0.15) is 5.26 Å². The molecule has 20 heavy (non-hydrogen) atoms. The summed E-state index contributed by atoms with van der Waals surface area (Å²) in [5.74, 6) is -0.139. The van der Waals surface area contributed by atoms with Gasteiger partial charge in [0.1, 0.15) is 0 Å². The molecule has 0 amide bonds. The molecule has 0 aromatic heterocycles. The molecule has 1 heterocycles. The molecule has 0 radical (unpaired) electrons. The maximum Gasteiger partial charge on any atom is 0.496 e. The molecule has 0 bridgehead atoms. The van der Waals surface area contributed by atoms with Crippen LogP contribution in [0.15, 0.2) is 18.2 Å². The molecule has 2 rings (SSSR count). The number of hydrogen-bond acceptors (Lipinski definition) is 4. The summed E-state index contributed by atoms with van der Waals surface area (Å²) in [7, 11) is -0.631. The zero-order valence-electron chi connectivity index (χ0n) is 12.5. The number of Topliss-reactive ketones (excluding diaryl/α,β-unsaturated/α-hetero) is 1. The van der Waals surface area contributed by atoms with Crippen LogP contribution in [-0.2, 0) is 9.31 Å². The highest BCUT2D eigenvalue weighted by Gasteiger charge is 2.52. The van der Waals surface area contributed by atoms with Crippen molar-refractivity contribution in [1.29, 1.82) is 5.26 Å². The lowest BCUT2D eigenvalue weighted by Crippen LogP contribution is -2.41. The average Bonchev–Trinajstić information content (AvgIpc) is 2.57. The number of ketones is 1. The highest BCUT2D eigenvalue weighted by molar-refractivity contribution is 6.63. The Balaban J connectivity index is 2.49. The summed E-state index contributed by atoms with van der Waals surface area (Å²) in [6, 6.07) is 7.26. The van der Waals surface area contributed by atoms with E-state index >= 15 is 0 Å². The summed E-state index contributed by atoms with van der Waals surface area (Å²) in [6.45, 7) is 9.26. The first-order chi connectivity index (χ1) is 9.19. The van der Waals surface area contributed by atoms with E-state index in [1.165, 1.54) is 6.92 Å². The summed E-state index contributed by atoms with van der Waals surface area (Å²) in [4.78, 5) is 11.6. The number of hydrogen-bond donors (Lipinski definition) is 0. The molecule has 5 heteroatoms. The van der Waals surface area contributed by atoms with E-state index in [1.807, 2.05) is 27.7 Å². The first-order valence-corrected chi connectivity index (χ1v) is 6.59. The molecule has 0 spiro atoms. The first kappa shape index (κ1) is 14.8. The minimum Gasteiger partial charge on any atom is -0.399 e. The molecule has 0 unspecified atom stereocenters. The van der Waals surface area contributed by atoms with Gasteiger partial charge in [-0.3, -0.25) is 4.79 Å². The molecular formula is C15H18BNO3. The van der Waals surface area contributed by atoms with E-state index in [0.717, 1.165) is 0 Å². The predicted molar refractivity (Wildman–Crippen MR) is 76.9 cm³/mol. The van der Waals surface area contributed by atoms with Crippen molar-refractivity contribution in [2.24, 2.45) is 0 Å². The van der Waals surface area contributed by atoms with Gasteiger partial charge >= 0.3 is 7.12 Å². The fraction of sp³-hybridized carbons (Fsp3) is 0.467. The Morgan fingerprint density at radius 1 is 1.20 bits per heavy atom. The zero-order valence-corrected chi connectivity index (χ0v) is 12.5. The summed E-state index contributed by atoms with van der Waals surface area (Å²) >= 11 is 0. The average molecular weight is 271 g/mol. The Hall–Kier alpha value is -1.64. The molecular weight excluding hydrogens is 253 g/mol. The monoisotopic (exact) mass is 271 g/mol. The van der Waals surface area contributed by atoms with Gasteiger partial charge in [0.2, 0.25) is 0 Å². The maximum absolute atomic E-state index is 11.6. The van der Waals surface area contributed by atoms with Gasteiger partial charge < -0.3 is 9.31 Å². The molecule has 1 aromatic carbocycles. The van der Waals surface area contributed by atoms with Crippen molar-refractivity contribution in [3.63, 3.8) is 0 Å². The van der Waals surface area contributed by atoms with Crippen molar-refractivity contribution >= 4 is 18.4 Å². The second-order valence-corrected chi connectivity index (χ2v) is 6.03. The molecule has 1 aliphatic heterocycles. The number of benzene rings is 1. The fourth-order valence-corrected chi connectivity index (χ4v) is 2.15. The molecule has 1 fully saturated rings. The highest BCUT2D eigenvalue weighted by Crippen LogP contribution is 2.36. The second kappa shape index (κ2) is 4.73. The molecule has 0 N–H and O–H groups in total. The van der Waals surface area contributed by atoms with Crippen LogP contribution in [0.2, 0.25) is 0 Å². The topological polar surface area (TPSA) is 59.3 Å². The lowest BCUT2D eigenvalue weighted by Gasteiger charge is -2.32. The van der Waals surface area contributed by atoms with Crippen LogP contribution in [-0.4, -0.2) is 24.1 Å². The molecule has 0 aliphatic carbocycles. The standard InChI is InChI=1S/C15H18BNO3/c1-10(18)11-7-6-8-13(12(11)9-17)16-19-14(2,3)15(4,5)20-16/h6-8H,1-5H3. The van der Waals surface area contributed by atoms with Crippen LogP contribution in [0.1, 0.15) is 50.5 Å². The summed E-state index contributed by atoms with van der Waals surface area (Å²) in [5.41, 5.74) is 0.393. The Labute approximate surface area is 119 Å².